The molecule has 1 spiro atoms. The van der Waals surface area contributed by atoms with E-state index in [1.165, 1.54) is 5.56 Å². The second-order valence-electron chi connectivity index (χ2n) is 7.62. The zero-order valence-electron chi connectivity index (χ0n) is 15.4. The molecule has 2 N–H and O–H groups in total. The van der Waals surface area contributed by atoms with E-state index in [1.54, 1.807) is 0 Å². The fraction of sp³-hybridized carbons (Fsp3) is 0.409. The second-order valence-corrected chi connectivity index (χ2v) is 7.62. The summed E-state index contributed by atoms with van der Waals surface area (Å²) in [6, 6.07) is 19.2. The first-order valence-corrected chi connectivity index (χ1v) is 9.63. The molecule has 2 aliphatic heterocycles. The summed E-state index contributed by atoms with van der Waals surface area (Å²) in [5.41, 5.74) is 2.88. The summed E-state index contributed by atoms with van der Waals surface area (Å²) in [5, 5.41) is 6.63. The molecule has 26 heavy (non-hydrogen) atoms. The van der Waals surface area contributed by atoms with Crippen LogP contribution in [-0.4, -0.2) is 35.5 Å². The average molecular weight is 349 g/mol. The van der Waals surface area contributed by atoms with E-state index >= 15 is 0 Å². The first-order valence-electron chi connectivity index (χ1n) is 9.63. The smallest absolute Gasteiger partial charge is 0.250 e. The van der Waals surface area contributed by atoms with Crippen molar-refractivity contribution in [3.8, 4) is 0 Å². The van der Waals surface area contributed by atoms with Crippen molar-refractivity contribution in [1.29, 1.82) is 0 Å². The number of fused-ring (bicyclic) bond motifs is 1. The molecule has 4 rings (SSSR count). The highest BCUT2D eigenvalue weighted by Crippen LogP contribution is 2.36. The summed E-state index contributed by atoms with van der Waals surface area (Å²) in [7, 11) is 0. The lowest BCUT2D eigenvalue weighted by molar-refractivity contribution is -0.122. The zero-order chi connectivity index (χ0) is 18.0. The molecule has 2 aromatic carbocycles. The van der Waals surface area contributed by atoms with Gasteiger partial charge in [0.2, 0.25) is 5.91 Å². The molecule has 2 aliphatic rings. The highest BCUT2D eigenvalue weighted by Gasteiger charge is 2.44. The summed E-state index contributed by atoms with van der Waals surface area (Å²) in [4.78, 5) is 15.3. The molecule has 0 aliphatic carbocycles. The maximum atomic E-state index is 12.7. The number of para-hydroxylation sites is 2. The quantitative estimate of drug-likeness (QED) is 0.880. The predicted octanol–water partition coefficient (Wildman–Crippen LogP) is 3.91. The van der Waals surface area contributed by atoms with Crippen molar-refractivity contribution in [2.24, 2.45) is 0 Å². The van der Waals surface area contributed by atoms with Gasteiger partial charge in [-0.3, -0.25) is 4.79 Å². The molecular formula is C22H27N3O. The van der Waals surface area contributed by atoms with Crippen molar-refractivity contribution >= 4 is 17.3 Å². The maximum Gasteiger partial charge on any atom is 0.250 e. The van der Waals surface area contributed by atoms with Crippen LogP contribution in [0.2, 0.25) is 0 Å². The third-order valence-electron chi connectivity index (χ3n) is 5.95. The number of piperidine rings is 1. The highest BCUT2D eigenvalue weighted by molar-refractivity contribution is 6.06. The minimum Gasteiger partial charge on any atom is -0.369 e. The Morgan fingerprint density at radius 3 is 2.38 bits per heavy atom. The minimum atomic E-state index is -0.454. The molecule has 1 amide bonds. The third-order valence-corrected chi connectivity index (χ3v) is 5.95. The van der Waals surface area contributed by atoms with Crippen molar-refractivity contribution in [2.45, 2.75) is 44.2 Å². The Kier molecular flexibility index (Phi) is 4.68. The topological polar surface area (TPSA) is 44.4 Å². The number of carbonyl (C=O) groups is 1. The summed E-state index contributed by atoms with van der Waals surface area (Å²) in [6.07, 6.45) is 3.96. The summed E-state index contributed by atoms with van der Waals surface area (Å²) in [5.74, 6) is 0.118. The fourth-order valence-electron chi connectivity index (χ4n) is 4.16. The highest BCUT2D eigenvalue weighted by atomic mass is 16.2. The number of anilines is 2. The van der Waals surface area contributed by atoms with Gasteiger partial charge in [-0.1, -0.05) is 42.5 Å². The number of hydrogen-bond donors (Lipinski definition) is 2. The van der Waals surface area contributed by atoms with Gasteiger partial charge < -0.3 is 15.5 Å². The Balaban J connectivity index is 1.36. The van der Waals surface area contributed by atoms with Gasteiger partial charge in [0.25, 0.3) is 0 Å². The van der Waals surface area contributed by atoms with E-state index in [1.807, 2.05) is 24.3 Å². The van der Waals surface area contributed by atoms with Gasteiger partial charge in [0.05, 0.1) is 11.4 Å². The van der Waals surface area contributed by atoms with E-state index in [-0.39, 0.29) is 5.91 Å². The van der Waals surface area contributed by atoms with Crippen LogP contribution in [0, 0.1) is 0 Å². The fourth-order valence-corrected chi connectivity index (χ4v) is 4.16. The van der Waals surface area contributed by atoms with E-state index < -0.39 is 5.54 Å². The Hall–Kier alpha value is -2.33. The first-order chi connectivity index (χ1) is 12.7. The number of rotatable bonds is 4. The van der Waals surface area contributed by atoms with Crippen LogP contribution >= 0.6 is 0 Å². The lowest BCUT2D eigenvalue weighted by atomic mass is 9.83. The Bertz CT molecular complexity index is 766. The number of aryl methyl sites for hydroxylation is 1. The largest absolute Gasteiger partial charge is 0.369 e. The summed E-state index contributed by atoms with van der Waals surface area (Å²) in [6.45, 7) is 4.22. The monoisotopic (exact) mass is 349 g/mol. The van der Waals surface area contributed by atoms with Crippen molar-refractivity contribution in [2.75, 3.05) is 23.7 Å². The van der Waals surface area contributed by atoms with Crippen LogP contribution in [0.25, 0.3) is 0 Å². The molecule has 4 nitrogen and oxygen atoms in total. The van der Waals surface area contributed by atoms with Gasteiger partial charge in [0.15, 0.2) is 0 Å². The molecule has 1 fully saturated rings. The van der Waals surface area contributed by atoms with Gasteiger partial charge in [-0.25, -0.2) is 0 Å². The zero-order valence-corrected chi connectivity index (χ0v) is 15.4. The molecule has 4 heteroatoms. The number of likely N-dealkylation sites (tertiary alicyclic amines) is 1. The summed E-state index contributed by atoms with van der Waals surface area (Å²) >= 11 is 0. The molecule has 0 bridgehead atoms. The lowest BCUT2D eigenvalue weighted by Gasteiger charge is -2.45. The third kappa shape index (κ3) is 3.34. The van der Waals surface area contributed by atoms with E-state index in [9.17, 15) is 4.79 Å². The number of amides is 1. The molecular weight excluding hydrogens is 322 g/mol. The predicted molar refractivity (Wildman–Crippen MR) is 106 cm³/mol. The van der Waals surface area contributed by atoms with Crippen molar-refractivity contribution in [1.82, 2.24) is 4.90 Å². The van der Waals surface area contributed by atoms with Gasteiger partial charge in [0.1, 0.15) is 5.54 Å². The lowest BCUT2D eigenvalue weighted by Crippen LogP contribution is -2.59. The Morgan fingerprint density at radius 2 is 1.65 bits per heavy atom. The number of hydrogen-bond acceptors (Lipinski definition) is 3. The molecule has 136 valence electrons. The van der Waals surface area contributed by atoms with Crippen molar-refractivity contribution in [3.05, 3.63) is 60.2 Å². The number of benzene rings is 2. The van der Waals surface area contributed by atoms with Crippen LogP contribution < -0.4 is 10.6 Å². The van der Waals surface area contributed by atoms with E-state index in [4.69, 9.17) is 0 Å². The number of nitrogens with one attached hydrogen (secondary N) is 2. The van der Waals surface area contributed by atoms with Crippen LogP contribution in [0.1, 0.15) is 31.7 Å². The second kappa shape index (κ2) is 7.12. The van der Waals surface area contributed by atoms with Gasteiger partial charge in [-0.05, 0) is 50.3 Å². The normalized spacial score (nSPS) is 20.1. The molecule has 2 aromatic rings. The van der Waals surface area contributed by atoms with Crippen molar-refractivity contribution < 1.29 is 4.79 Å². The Morgan fingerprint density at radius 1 is 1.00 bits per heavy atom. The van der Waals surface area contributed by atoms with Crippen LogP contribution in [0.15, 0.2) is 54.6 Å². The molecule has 0 radical (unpaired) electrons. The molecule has 0 aromatic heterocycles. The Labute approximate surface area is 155 Å². The SMILES string of the molecule is C[C@H](CCc1ccccc1)N1CCC2(CC1)Nc1ccccc1NC2=O. The minimum absolute atomic E-state index is 0.118. The van der Waals surface area contributed by atoms with E-state index in [0.29, 0.717) is 6.04 Å². The van der Waals surface area contributed by atoms with Gasteiger partial charge in [-0.2, -0.15) is 0 Å². The van der Waals surface area contributed by atoms with Crippen LogP contribution in [-0.2, 0) is 11.2 Å². The summed E-state index contributed by atoms with van der Waals surface area (Å²) < 4.78 is 0. The molecule has 0 saturated carbocycles. The van der Waals surface area contributed by atoms with Crippen LogP contribution in [0.4, 0.5) is 11.4 Å². The van der Waals surface area contributed by atoms with Gasteiger partial charge >= 0.3 is 0 Å². The first kappa shape index (κ1) is 17.1. The standard InChI is InChI=1S/C22H27N3O/c1-17(11-12-18-7-3-2-4-8-18)25-15-13-22(14-16-25)21(26)23-19-9-5-6-10-20(19)24-22/h2-10,17,24H,11-16H2,1H3,(H,23,26)/t17-/m1/s1. The molecule has 2 heterocycles. The van der Waals surface area contributed by atoms with Crippen LogP contribution in [0.5, 0.6) is 0 Å². The molecule has 0 unspecified atom stereocenters. The maximum absolute atomic E-state index is 12.7. The van der Waals surface area contributed by atoms with Crippen LogP contribution in [0.3, 0.4) is 0 Å². The van der Waals surface area contributed by atoms with Gasteiger partial charge in [-0.15, -0.1) is 0 Å². The molecule has 1 atom stereocenters. The van der Waals surface area contributed by atoms with E-state index in [0.717, 1.165) is 50.1 Å². The average Bonchev–Trinajstić information content (AvgIpc) is 2.68. The van der Waals surface area contributed by atoms with Gasteiger partial charge in [0, 0.05) is 19.1 Å². The number of carbonyl (C=O) groups excluding carboxylic acids is 1. The van der Waals surface area contributed by atoms with E-state index in [2.05, 4.69) is 52.8 Å². The van der Waals surface area contributed by atoms with Crippen molar-refractivity contribution in [3.63, 3.8) is 0 Å². The number of nitrogens with zero attached hydrogens (tertiary/aromatic N) is 1. The molecule has 1 saturated heterocycles.